The minimum Gasteiger partial charge on any atom is -0.508 e. The lowest BCUT2D eigenvalue weighted by Gasteiger charge is -2.31. The Morgan fingerprint density at radius 2 is 1.67 bits per heavy atom. The van der Waals surface area contributed by atoms with Crippen LogP contribution in [0, 0.1) is 0 Å². The van der Waals surface area contributed by atoms with Crippen molar-refractivity contribution >= 4 is 35.4 Å². The average molecular weight is 518 g/mol. The second kappa shape index (κ2) is 13.1. The van der Waals surface area contributed by atoms with Gasteiger partial charge >= 0.3 is 6.09 Å². The molecular weight excluding hydrogens is 482 g/mol. The maximum Gasteiger partial charge on any atom is 0.408 e. The standard InChI is InChI=1S/C26H35N3O6S/c1-26(2,3)35-25(33)28-21(15-16-36-6)24(32)29(4)22(17-7-11-19(30)12-8-17)23(31)27-18-9-13-20(34-5)14-10-18/h7-14,21-22,30H,15-16H2,1-6H3,(H,27,31)(H,28,33). The minimum absolute atomic E-state index is 0.0338. The van der Waals surface area contributed by atoms with Crippen LogP contribution in [-0.2, 0) is 14.3 Å². The topological polar surface area (TPSA) is 117 Å². The van der Waals surface area contributed by atoms with Crippen molar-refractivity contribution in [3.8, 4) is 11.5 Å². The summed E-state index contributed by atoms with van der Waals surface area (Å²) in [5, 5.41) is 15.2. The summed E-state index contributed by atoms with van der Waals surface area (Å²) in [6, 6.07) is 10.9. The number of thioether (sulfide) groups is 1. The second-order valence-electron chi connectivity index (χ2n) is 9.14. The summed E-state index contributed by atoms with van der Waals surface area (Å²) >= 11 is 1.54. The molecule has 0 radical (unpaired) electrons. The van der Waals surface area contributed by atoms with Gasteiger partial charge in [-0.2, -0.15) is 11.8 Å². The monoisotopic (exact) mass is 517 g/mol. The number of carbonyl (C=O) groups excluding carboxylic acids is 3. The van der Waals surface area contributed by atoms with Crippen LogP contribution >= 0.6 is 11.8 Å². The molecule has 10 heteroatoms. The van der Waals surface area contributed by atoms with Crippen LogP contribution < -0.4 is 15.4 Å². The highest BCUT2D eigenvalue weighted by Gasteiger charge is 2.34. The van der Waals surface area contributed by atoms with Crippen molar-refractivity contribution in [1.82, 2.24) is 10.2 Å². The molecule has 0 aromatic heterocycles. The zero-order valence-corrected chi connectivity index (χ0v) is 22.3. The number of alkyl carbamates (subject to hydrolysis) is 1. The first-order valence-electron chi connectivity index (χ1n) is 11.4. The van der Waals surface area contributed by atoms with E-state index in [4.69, 9.17) is 9.47 Å². The number of nitrogens with one attached hydrogen (secondary N) is 2. The number of ether oxygens (including phenoxy) is 2. The summed E-state index contributed by atoms with van der Waals surface area (Å²) in [6.07, 6.45) is 1.55. The van der Waals surface area contributed by atoms with Crippen LogP contribution in [0.4, 0.5) is 10.5 Å². The van der Waals surface area contributed by atoms with E-state index < -0.39 is 35.6 Å². The number of amides is 3. The quantitative estimate of drug-likeness (QED) is 0.433. The molecule has 0 fully saturated rings. The Morgan fingerprint density at radius 1 is 1.06 bits per heavy atom. The molecule has 0 aliphatic heterocycles. The Hall–Kier alpha value is -3.40. The molecule has 3 N–H and O–H groups in total. The van der Waals surface area contributed by atoms with Crippen LogP contribution in [0.25, 0.3) is 0 Å². The van der Waals surface area contributed by atoms with E-state index in [0.29, 0.717) is 29.2 Å². The molecular formula is C26H35N3O6S. The fraction of sp³-hybridized carbons (Fsp3) is 0.423. The van der Waals surface area contributed by atoms with E-state index in [1.807, 2.05) is 6.26 Å². The number of methoxy groups -OCH3 is 1. The van der Waals surface area contributed by atoms with Crippen LogP contribution in [0.3, 0.4) is 0 Å². The number of hydrogen-bond acceptors (Lipinski definition) is 7. The zero-order valence-electron chi connectivity index (χ0n) is 21.5. The van der Waals surface area contributed by atoms with Gasteiger partial charge in [-0.05, 0) is 81.2 Å². The normalized spacial score (nSPS) is 12.7. The predicted octanol–water partition coefficient (Wildman–Crippen LogP) is 4.19. The van der Waals surface area contributed by atoms with Crippen molar-refractivity contribution < 1.29 is 29.0 Å². The lowest BCUT2D eigenvalue weighted by Crippen LogP contribution is -2.51. The molecule has 36 heavy (non-hydrogen) atoms. The molecule has 0 aliphatic carbocycles. The summed E-state index contributed by atoms with van der Waals surface area (Å²) in [7, 11) is 3.06. The van der Waals surface area contributed by atoms with Gasteiger partial charge in [0, 0.05) is 12.7 Å². The Balaban J connectivity index is 2.33. The maximum atomic E-state index is 13.6. The highest BCUT2D eigenvalue weighted by Crippen LogP contribution is 2.26. The summed E-state index contributed by atoms with van der Waals surface area (Å²) in [5.74, 6) is 0.384. The molecule has 0 saturated carbocycles. The number of phenolic OH excluding ortho intramolecular Hbond substituents is 1. The van der Waals surface area contributed by atoms with E-state index in [1.165, 1.54) is 35.8 Å². The fourth-order valence-corrected chi connectivity index (χ4v) is 3.88. The van der Waals surface area contributed by atoms with Crippen LogP contribution in [0.15, 0.2) is 48.5 Å². The van der Waals surface area contributed by atoms with E-state index in [0.717, 1.165) is 0 Å². The molecule has 0 saturated heterocycles. The van der Waals surface area contributed by atoms with Gasteiger partial charge in [0.25, 0.3) is 5.91 Å². The molecule has 2 rings (SSSR count). The largest absolute Gasteiger partial charge is 0.508 e. The number of aromatic hydroxyl groups is 1. The van der Waals surface area contributed by atoms with Gasteiger partial charge < -0.3 is 30.1 Å². The summed E-state index contributed by atoms with van der Waals surface area (Å²) in [5.41, 5.74) is 0.294. The molecule has 2 unspecified atom stereocenters. The number of carbonyl (C=O) groups is 3. The van der Waals surface area contributed by atoms with Crippen LogP contribution in [-0.4, -0.2) is 65.7 Å². The third-order valence-corrected chi connectivity index (χ3v) is 5.79. The highest BCUT2D eigenvalue weighted by atomic mass is 32.2. The first kappa shape index (κ1) is 28.8. The van der Waals surface area contributed by atoms with Crippen LogP contribution in [0.5, 0.6) is 11.5 Å². The third-order valence-electron chi connectivity index (χ3n) is 5.15. The molecule has 2 aromatic carbocycles. The van der Waals surface area contributed by atoms with Gasteiger partial charge in [0.15, 0.2) is 0 Å². The Labute approximate surface area is 216 Å². The third kappa shape index (κ3) is 8.67. The number of nitrogens with zero attached hydrogens (tertiary/aromatic N) is 1. The molecule has 0 bridgehead atoms. The van der Waals surface area contributed by atoms with E-state index in [9.17, 15) is 19.5 Å². The summed E-state index contributed by atoms with van der Waals surface area (Å²) in [6.45, 7) is 5.21. The SMILES string of the molecule is COc1ccc(NC(=O)C(c2ccc(O)cc2)N(C)C(=O)C(CCSC)NC(=O)OC(C)(C)C)cc1. The Morgan fingerprint density at radius 3 is 2.19 bits per heavy atom. The number of likely N-dealkylation sites (N-methyl/N-ethyl adjacent to an activating group) is 1. The maximum absolute atomic E-state index is 13.6. The highest BCUT2D eigenvalue weighted by molar-refractivity contribution is 7.98. The van der Waals surface area contributed by atoms with Crippen molar-refractivity contribution in [2.24, 2.45) is 0 Å². The van der Waals surface area contributed by atoms with Gasteiger partial charge in [0.1, 0.15) is 29.2 Å². The van der Waals surface area contributed by atoms with Gasteiger partial charge in [-0.15, -0.1) is 0 Å². The number of hydrogen-bond donors (Lipinski definition) is 3. The molecule has 0 aliphatic rings. The van der Waals surface area contributed by atoms with Crippen molar-refractivity contribution in [2.45, 2.75) is 44.9 Å². The van der Waals surface area contributed by atoms with Gasteiger partial charge in [0.05, 0.1) is 7.11 Å². The minimum atomic E-state index is -1.03. The number of phenols is 1. The first-order valence-corrected chi connectivity index (χ1v) is 12.8. The second-order valence-corrected chi connectivity index (χ2v) is 10.1. The molecule has 0 spiro atoms. The fourth-order valence-electron chi connectivity index (χ4n) is 3.41. The van der Waals surface area contributed by atoms with E-state index in [2.05, 4.69) is 10.6 Å². The molecule has 2 atom stereocenters. The number of anilines is 1. The number of benzene rings is 2. The first-order chi connectivity index (χ1) is 16.9. The zero-order chi connectivity index (χ0) is 26.9. The van der Waals surface area contributed by atoms with Gasteiger partial charge in [0.2, 0.25) is 5.91 Å². The molecule has 0 heterocycles. The summed E-state index contributed by atoms with van der Waals surface area (Å²) < 4.78 is 10.5. The Bertz CT molecular complexity index is 1020. The lowest BCUT2D eigenvalue weighted by atomic mass is 10.0. The smallest absolute Gasteiger partial charge is 0.408 e. The van der Waals surface area contributed by atoms with E-state index in [1.54, 1.807) is 64.3 Å². The molecule has 9 nitrogen and oxygen atoms in total. The van der Waals surface area contributed by atoms with Crippen molar-refractivity contribution in [3.05, 3.63) is 54.1 Å². The molecule has 2 aromatic rings. The van der Waals surface area contributed by atoms with Crippen LogP contribution in [0.2, 0.25) is 0 Å². The van der Waals surface area contributed by atoms with Crippen molar-refractivity contribution in [3.63, 3.8) is 0 Å². The van der Waals surface area contributed by atoms with E-state index >= 15 is 0 Å². The van der Waals surface area contributed by atoms with Crippen LogP contribution in [0.1, 0.15) is 38.8 Å². The Kier molecular flexibility index (Phi) is 10.5. The molecule has 196 valence electrons. The lowest BCUT2D eigenvalue weighted by molar-refractivity contribution is -0.139. The van der Waals surface area contributed by atoms with Crippen molar-refractivity contribution in [2.75, 3.05) is 31.5 Å². The van der Waals surface area contributed by atoms with Gasteiger partial charge in [-0.1, -0.05) is 12.1 Å². The van der Waals surface area contributed by atoms with E-state index in [-0.39, 0.29) is 5.75 Å². The number of rotatable bonds is 10. The van der Waals surface area contributed by atoms with Gasteiger partial charge in [-0.3, -0.25) is 9.59 Å². The summed E-state index contributed by atoms with van der Waals surface area (Å²) in [4.78, 5) is 40.7. The average Bonchev–Trinajstić information content (AvgIpc) is 2.82. The van der Waals surface area contributed by atoms with Gasteiger partial charge in [-0.25, -0.2) is 4.79 Å². The van der Waals surface area contributed by atoms with Crippen molar-refractivity contribution in [1.29, 1.82) is 0 Å². The predicted molar refractivity (Wildman–Crippen MR) is 141 cm³/mol. The molecule has 3 amide bonds.